The van der Waals surface area contributed by atoms with Crippen molar-refractivity contribution < 1.29 is 4.74 Å². The molecule has 0 unspecified atom stereocenters. The van der Waals surface area contributed by atoms with E-state index in [2.05, 4.69) is 23.3 Å². The SMILES string of the molecule is COc1nc(C)cc(C)c1CNC1CC1. The van der Waals surface area contributed by atoms with Gasteiger partial charge in [-0.1, -0.05) is 0 Å². The molecular formula is C12H18N2O. The van der Waals surface area contributed by atoms with E-state index >= 15 is 0 Å². The van der Waals surface area contributed by atoms with Crippen LogP contribution in [0.1, 0.15) is 29.7 Å². The molecule has 0 spiro atoms. The predicted molar refractivity (Wildman–Crippen MR) is 60.1 cm³/mol. The molecule has 15 heavy (non-hydrogen) atoms. The minimum absolute atomic E-state index is 0.718. The number of aryl methyl sites for hydroxylation is 2. The van der Waals surface area contributed by atoms with Crippen LogP contribution >= 0.6 is 0 Å². The van der Waals surface area contributed by atoms with Crippen LogP contribution in [0.15, 0.2) is 6.07 Å². The Kier molecular flexibility index (Phi) is 2.91. The van der Waals surface area contributed by atoms with Gasteiger partial charge in [0.25, 0.3) is 0 Å². The predicted octanol–water partition coefficient (Wildman–Crippen LogP) is 1.96. The molecule has 0 bridgehead atoms. The molecule has 3 heteroatoms. The molecule has 1 N–H and O–H groups in total. The molecule has 0 radical (unpaired) electrons. The van der Waals surface area contributed by atoms with Gasteiger partial charge >= 0.3 is 0 Å². The van der Waals surface area contributed by atoms with E-state index in [-0.39, 0.29) is 0 Å². The first-order valence-corrected chi connectivity index (χ1v) is 5.45. The number of nitrogens with zero attached hydrogens (tertiary/aromatic N) is 1. The van der Waals surface area contributed by atoms with Gasteiger partial charge in [0.05, 0.1) is 7.11 Å². The minimum Gasteiger partial charge on any atom is -0.481 e. The zero-order valence-electron chi connectivity index (χ0n) is 9.63. The van der Waals surface area contributed by atoms with Crippen LogP contribution in [-0.2, 0) is 6.54 Å². The Balaban J connectivity index is 2.17. The third-order valence-corrected chi connectivity index (χ3v) is 2.78. The highest BCUT2D eigenvalue weighted by Crippen LogP contribution is 2.23. The standard InChI is InChI=1S/C12H18N2O/c1-8-6-9(2)14-12(15-3)11(8)7-13-10-4-5-10/h6,10,13H,4-5,7H2,1-3H3. The fraction of sp³-hybridized carbons (Fsp3) is 0.583. The topological polar surface area (TPSA) is 34.1 Å². The van der Waals surface area contributed by atoms with Crippen LogP contribution in [0.3, 0.4) is 0 Å². The van der Waals surface area contributed by atoms with Gasteiger partial charge in [-0.25, -0.2) is 4.98 Å². The van der Waals surface area contributed by atoms with E-state index in [1.807, 2.05) is 6.92 Å². The summed E-state index contributed by atoms with van der Waals surface area (Å²) < 4.78 is 5.31. The van der Waals surface area contributed by atoms with Gasteiger partial charge in [0, 0.05) is 23.8 Å². The fourth-order valence-electron chi connectivity index (χ4n) is 1.75. The third kappa shape index (κ3) is 2.48. The molecule has 1 aromatic rings. The molecular weight excluding hydrogens is 188 g/mol. The molecule has 0 atom stereocenters. The average molecular weight is 206 g/mol. The van der Waals surface area contributed by atoms with Gasteiger partial charge < -0.3 is 10.1 Å². The zero-order chi connectivity index (χ0) is 10.8. The maximum Gasteiger partial charge on any atom is 0.218 e. The van der Waals surface area contributed by atoms with Gasteiger partial charge in [-0.2, -0.15) is 0 Å². The highest BCUT2D eigenvalue weighted by Gasteiger charge is 2.21. The first-order chi connectivity index (χ1) is 7.20. The van der Waals surface area contributed by atoms with E-state index in [0.29, 0.717) is 0 Å². The van der Waals surface area contributed by atoms with E-state index in [1.54, 1.807) is 7.11 Å². The molecule has 0 saturated heterocycles. The Labute approximate surface area is 90.9 Å². The van der Waals surface area contributed by atoms with Crippen LogP contribution in [0.4, 0.5) is 0 Å². The number of pyridine rings is 1. The summed E-state index contributed by atoms with van der Waals surface area (Å²) in [5, 5.41) is 3.49. The van der Waals surface area contributed by atoms with Crippen LogP contribution in [-0.4, -0.2) is 18.1 Å². The average Bonchev–Trinajstić information content (AvgIpc) is 2.99. The van der Waals surface area contributed by atoms with Crippen molar-refractivity contribution in [1.29, 1.82) is 0 Å². The number of hydrogen-bond donors (Lipinski definition) is 1. The highest BCUT2D eigenvalue weighted by atomic mass is 16.5. The van der Waals surface area contributed by atoms with Gasteiger partial charge in [0.2, 0.25) is 5.88 Å². The van der Waals surface area contributed by atoms with Crippen molar-refractivity contribution in [2.75, 3.05) is 7.11 Å². The number of ether oxygens (including phenoxy) is 1. The first-order valence-electron chi connectivity index (χ1n) is 5.45. The summed E-state index contributed by atoms with van der Waals surface area (Å²) in [6, 6.07) is 2.82. The number of hydrogen-bond acceptors (Lipinski definition) is 3. The van der Waals surface area contributed by atoms with Gasteiger partial charge in [-0.3, -0.25) is 0 Å². The molecule has 2 rings (SSSR count). The molecule has 1 aliphatic carbocycles. The summed E-state index contributed by atoms with van der Waals surface area (Å²) in [5.74, 6) is 0.764. The van der Waals surface area contributed by atoms with E-state index in [1.165, 1.54) is 24.0 Å². The Morgan fingerprint density at radius 3 is 2.80 bits per heavy atom. The van der Waals surface area contributed by atoms with Crippen molar-refractivity contribution in [2.24, 2.45) is 0 Å². The molecule has 1 saturated carbocycles. The van der Waals surface area contributed by atoms with Gasteiger partial charge in [-0.05, 0) is 38.3 Å². The summed E-state index contributed by atoms with van der Waals surface area (Å²) in [4.78, 5) is 4.39. The third-order valence-electron chi connectivity index (χ3n) is 2.78. The molecule has 1 heterocycles. The Bertz CT molecular complexity index is 359. The normalized spacial score (nSPS) is 15.4. The molecule has 1 aromatic heterocycles. The minimum atomic E-state index is 0.718. The van der Waals surface area contributed by atoms with Crippen LogP contribution in [0.25, 0.3) is 0 Å². The quantitative estimate of drug-likeness (QED) is 0.817. The largest absolute Gasteiger partial charge is 0.481 e. The summed E-state index contributed by atoms with van der Waals surface area (Å²) in [5.41, 5.74) is 3.46. The maximum absolute atomic E-state index is 5.31. The van der Waals surface area contributed by atoms with Crippen molar-refractivity contribution in [3.05, 3.63) is 22.9 Å². The van der Waals surface area contributed by atoms with Crippen molar-refractivity contribution in [3.63, 3.8) is 0 Å². The Morgan fingerprint density at radius 2 is 2.20 bits per heavy atom. The molecule has 3 nitrogen and oxygen atoms in total. The maximum atomic E-state index is 5.31. The summed E-state index contributed by atoms with van der Waals surface area (Å²) in [7, 11) is 1.68. The van der Waals surface area contributed by atoms with E-state index in [9.17, 15) is 0 Å². The Hall–Kier alpha value is -1.09. The number of nitrogens with one attached hydrogen (secondary N) is 1. The molecule has 82 valence electrons. The number of methoxy groups -OCH3 is 1. The van der Waals surface area contributed by atoms with Crippen molar-refractivity contribution in [3.8, 4) is 5.88 Å². The lowest BCUT2D eigenvalue weighted by molar-refractivity contribution is 0.389. The Morgan fingerprint density at radius 1 is 1.47 bits per heavy atom. The second kappa shape index (κ2) is 4.19. The molecule has 1 aliphatic rings. The second-order valence-electron chi connectivity index (χ2n) is 4.22. The highest BCUT2D eigenvalue weighted by molar-refractivity contribution is 5.35. The van der Waals surface area contributed by atoms with Gasteiger partial charge in [0.1, 0.15) is 0 Å². The van der Waals surface area contributed by atoms with Crippen LogP contribution in [0, 0.1) is 13.8 Å². The van der Waals surface area contributed by atoms with Crippen LogP contribution in [0.5, 0.6) is 5.88 Å². The lowest BCUT2D eigenvalue weighted by atomic mass is 10.1. The van der Waals surface area contributed by atoms with Crippen molar-refractivity contribution in [1.82, 2.24) is 10.3 Å². The lowest BCUT2D eigenvalue weighted by Gasteiger charge is -2.12. The number of aromatic nitrogens is 1. The summed E-state index contributed by atoms with van der Waals surface area (Å²) in [6.45, 7) is 4.97. The van der Waals surface area contributed by atoms with E-state index in [4.69, 9.17) is 4.74 Å². The van der Waals surface area contributed by atoms with Crippen molar-refractivity contribution >= 4 is 0 Å². The van der Waals surface area contributed by atoms with Crippen LogP contribution in [0.2, 0.25) is 0 Å². The molecule has 0 amide bonds. The molecule has 0 aromatic carbocycles. The van der Waals surface area contributed by atoms with E-state index < -0.39 is 0 Å². The van der Waals surface area contributed by atoms with Gasteiger partial charge in [0.15, 0.2) is 0 Å². The molecule has 1 fully saturated rings. The van der Waals surface area contributed by atoms with Crippen LogP contribution < -0.4 is 10.1 Å². The summed E-state index contributed by atoms with van der Waals surface area (Å²) in [6.07, 6.45) is 2.61. The first kappa shape index (κ1) is 10.4. The second-order valence-corrected chi connectivity index (χ2v) is 4.22. The fourth-order valence-corrected chi connectivity index (χ4v) is 1.75. The number of rotatable bonds is 4. The zero-order valence-corrected chi connectivity index (χ0v) is 9.63. The lowest BCUT2D eigenvalue weighted by Crippen LogP contribution is -2.17. The van der Waals surface area contributed by atoms with Crippen molar-refractivity contribution in [2.45, 2.75) is 39.3 Å². The molecule has 0 aliphatic heterocycles. The van der Waals surface area contributed by atoms with Gasteiger partial charge in [-0.15, -0.1) is 0 Å². The van der Waals surface area contributed by atoms with E-state index in [0.717, 1.165) is 24.2 Å². The smallest absolute Gasteiger partial charge is 0.218 e. The summed E-state index contributed by atoms with van der Waals surface area (Å²) >= 11 is 0. The monoisotopic (exact) mass is 206 g/mol.